The molecule has 2 atom stereocenters. The summed E-state index contributed by atoms with van der Waals surface area (Å²) in [4.78, 5) is 22.4. The van der Waals surface area contributed by atoms with Crippen LogP contribution in [0.4, 0.5) is 10.2 Å². The molecule has 234 valence electrons. The normalized spacial score (nSPS) is 13.9. The van der Waals surface area contributed by atoms with Gasteiger partial charge in [-0.3, -0.25) is 4.57 Å². The van der Waals surface area contributed by atoms with Crippen molar-refractivity contribution in [2.24, 2.45) is 0 Å². The summed E-state index contributed by atoms with van der Waals surface area (Å²) < 4.78 is 43.4. The quantitative estimate of drug-likeness (QED) is 0.0896. The van der Waals surface area contributed by atoms with Gasteiger partial charge in [0.1, 0.15) is 24.0 Å². The Labute approximate surface area is 248 Å². The van der Waals surface area contributed by atoms with Crippen molar-refractivity contribution < 1.29 is 27.8 Å². The summed E-state index contributed by atoms with van der Waals surface area (Å²) in [5.74, 6) is 0.134. The molecule has 3 N–H and O–H groups in total. The number of halogens is 1. The van der Waals surface area contributed by atoms with Gasteiger partial charge >= 0.3 is 7.60 Å². The number of fused-ring (bicyclic) bond motifs is 1. The van der Waals surface area contributed by atoms with E-state index in [4.69, 9.17) is 19.7 Å². The zero-order valence-electron chi connectivity index (χ0n) is 24.8. The molecule has 0 spiro atoms. The van der Waals surface area contributed by atoms with Gasteiger partial charge < -0.3 is 29.2 Å². The van der Waals surface area contributed by atoms with Gasteiger partial charge in [-0.1, -0.05) is 63.5 Å². The average Bonchev–Trinajstić information content (AvgIpc) is 3.38. The number of imidazole rings is 1. The summed E-state index contributed by atoms with van der Waals surface area (Å²) >= 11 is 0. The zero-order chi connectivity index (χ0) is 30.0. The van der Waals surface area contributed by atoms with E-state index in [1.165, 1.54) is 75.4 Å². The Hall–Kier alpha value is -2.43. The molecule has 12 heteroatoms. The van der Waals surface area contributed by atoms with Crippen molar-refractivity contribution in [1.82, 2.24) is 19.5 Å². The molecule has 10 nitrogen and oxygen atoms in total. The van der Waals surface area contributed by atoms with Gasteiger partial charge in [0.2, 0.25) is 0 Å². The molecule has 0 saturated heterocycles. The van der Waals surface area contributed by atoms with Gasteiger partial charge in [0.25, 0.3) is 0 Å². The molecule has 2 heterocycles. The minimum atomic E-state index is -3.85. The van der Waals surface area contributed by atoms with Gasteiger partial charge in [-0.25, -0.2) is 19.3 Å². The smallest absolute Gasteiger partial charge is 0.353 e. The number of anilines is 1. The van der Waals surface area contributed by atoms with Crippen LogP contribution < -0.4 is 5.73 Å². The summed E-state index contributed by atoms with van der Waals surface area (Å²) in [5.41, 5.74) is 8.12. The minimum Gasteiger partial charge on any atom is -0.382 e. The summed E-state index contributed by atoms with van der Waals surface area (Å²) in [7, 11) is -3.85. The first kappa shape index (κ1) is 34.1. The van der Waals surface area contributed by atoms with Crippen molar-refractivity contribution in [2.75, 3.05) is 31.9 Å². The second-order valence-electron chi connectivity index (χ2n) is 10.8. The monoisotopic (exact) mass is 607 g/mol. The molecule has 0 fully saturated rings. The van der Waals surface area contributed by atoms with Gasteiger partial charge in [-0.2, -0.15) is 0 Å². The lowest BCUT2D eigenvalue weighted by molar-refractivity contribution is 0.0688. The molecule has 3 aromatic rings. The Morgan fingerprint density at radius 2 is 1.55 bits per heavy atom. The van der Waals surface area contributed by atoms with Crippen molar-refractivity contribution >= 4 is 24.6 Å². The first-order valence-electron chi connectivity index (χ1n) is 15.2. The molecule has 0 aliphatic carbocycles. The molecule has 0 aliphatic heterocycles. The van der Waals surface area contributed by atoms with E-state index in [-0.39, 0.29) is 18.5 Å². The highest BCUT2D eigenvalue weighted by atomic mass is 31.2. The zero-order valence-corrected chi connectivity index (χ0v) is 25.7. The Balaban J connectivity index is 1.08. The third-order valence-electron chi connectivity index (χ3n) is 7.05. The van der Waals surface area contributed by atoms with Crippen LogP contribution in [0, 0.1) is 5.82 Å². The summed E-state index contributed by atoms with van der Waals surface area (Å²) in [6, 6.07) is 6.84. The molecule has 0 radical (unpaired) electrons. The van der Waals surface area contributed by atoms with E-state index in [1.54, 1.807) is 17.8 Å². The fourth-order valence-corrected chi connectivity index (χ4v) is 5.62. The van der Waals surface area contributed by atoms with Crippen LogP contribution in [-0.4, -0.2) is 56.7 Å². The van der Waals surface area contributed by atoms with Gasteiger partial charge in [0.05, 0.1) is 25.6 Å². The standard InChI is InChI=1S/C30H47FN5O5P/c1-25(21-36-23-35-28-29(32)33-22-34-30(28)36)40-24-42(37,38)41-20-12-19-39-18-11-9-7-5-3-2-4-6-8-10-13-26-14-16-27(31)17-15-26/h14-17,22-23,25H,2-13,18-21,24H2,1H3,(H,37,38)(H2,32,33,34)/t25-/m1/s1. The highest BCUT2D eigenvalue weighted by Gasteiger charge is 2.21. The van der Waals surface area contributed by atoms with E-state index in [0.717, 1.165) is 19.3 Å². The maximum Gasteiger partial charge on any atom is 0.353 e. The predicted molar refractivity (Wildman–Crippen MR) is 163 cm³/mol. The Morgan fingerprint density at radius 1 is 0.905 bits per heavy atom. The second-order valence-corrected chi connectivity index (χ2v) is 12.6. The molecular weight excluding hydrogens is 560 g/mol. The van der Waals surface area contributed by atoms with E-state index in [1.807, 2.05) is 12.1 Å². The maximum absolute atomic E-state index is 12.9. The van der Waals surface area contributed by atoms with Crippen LogP contribution in [-0.2, 0) is 31.5 Å². The Morgan fingerprint density at radius 3 is 2.26 bits per heavy atom. The first-order chi connectivity index (χ1) is 20.3. The van der Waals surface area contributed by atoms with Gasteiger partial charge in [-0.15, -0.1) is 0 Å². The lowest BCUT2D eigenvalue weighted by atomic mass is 10.0. The van der Waals surface area contributed by atoms with Crippen LogP contribution in [0.2, 0.25) is 0 Å². The maximum atomic E-state index is 12.9. The summed E-state index contributed by atoms with van der Waals surface area (Å²) in [6.07, 6.45) is 16.0. The number of aryl methyl sites for hydroxylation is 1. The highest BCUT2D eigenvalue weighted by Crippen LogP contribution is 2.42. The van der Waals surface area contributed by atoms with Crippen LogP contribution in [0.25, 0.3) is 11.2 Å². The summed E-state index contributed by atoms with van der Waals surface area (Å²) in [6.45, 7) is 3.52. The van der Waals surface area contributed by atoms with E-state index in [0.29, 0.717) is 43.2 Å². The fraction of sp³-hybridized carbons (Fsp3) is 0.633. The second kappa shape index (κ2) is 19.0. The van der Waals surface area contributed by atoms with Gasteiger partial charge in [0, 0.05) is 13.2 Å². The predicted octanol–water partition coefficient (Wildman–Crippen LogP) is 6.66. The van der Waals surface area contributed by atoms with Gasteiger partial charge in [0.15, 0.2) is 11.5 Å². The largest absolute Gasteiger partial charge is 0.382 e. The molecule has 0 bridgehead atoms. The number of unbranched alkanes of at least 4 members (excludes halogenated alkanes) is 9. The number of aromatic nitrogens is 4. The Kier molecular flexibility index (Phi) is 15.4. The fourth-order valence-electron chi connectivity index (χ4n) is 4.69. The number of benzene rings is 1. The topological polar surface area (TPSA) is 135 Å². The molecule has 3 rings (SSSR count). The number of nitrogen functional groups attached to an aromatic ring is 1. The van der Waals surface area contributed by atoms with Crippen LogP contribution in [0.3, 0.4) is 0 Å². The highest BCUT2D eigenvalue weighted by molar-refractivity contribution is 7.52. The number of hydrogen-bond donors (Lipinski definition) is 2. The number of ether oxygens (including phenoxy) is 2. The SMILES string of the molecule is C[C@H](Cn1cnc2c(N)ncnc21)OCP(=O)(O)OCCCOCCCCCCCCCCCCc1ccc(F)cc1. The lowest BCUT2D eigenvalue weighted by Crippen LogP contribution is -2.17. The summed E-state index contributed by atoms with van der Waals surface area (Å²) in [5, 5.41) is 0. The van der Waals surface area contributed by atoms with Crippen LogP contribution in [0.5, 0.6) is 0 Å². The molecule has 0 aliphatic rings. The molecule has 0 saturated carbocycles. The van der Waals surface area contributed by atoms with Crippen molar-refractivity contribution in [2.45, 2.75) is 96.6 Å². The lowest BCUT2D eigenvalue weighted by Gasteiger charge is -2.17. The van der Waals surface area contributed by atoms with Crippen LogP contribution in [0.1, 0.15) is 83.1 Å². The van der Waals surface area contributed by atoms with Crippen molar-refractivity contribution in [3.8, 4) is 0 Å². The third kappa shape index (κ3) is 13.3. The number of rotatable bonds is 23. The molecule has 2 aromatic heterocycles. The van der Waals surface area contributed by atoms with Crippen molar-refractivity contribution in [3.63, 3.8) is 0 Å². The minimum absolute atomic E-state index is 0.139. The molecule has 42 heavy (non-hydrogen) atoms. The molecule has 0 amide bonds. The molecule has 1 unspecified atom stereocenters. The van der Waals surface area contributed by atoms with E-state index in [9.17, 15) is 13.8 Å². The number of nitrogens with two attached hydrogens (primary N) is 1. The van der Waals surface area contributed by atoms with E-state index >= 15 is 0 Å². The van der Waals surface area contributed by atoms with E-state index < -0.39 is 13.9 Å². The van der Waals surface area contributed by atoms with E-state index in [2.05, 4.69) is 15.0 Å². The number of nitrogens with zero attached hydrogens (tertiary/aromatic N) is 4. The number of hydrogen-bond acceptors (Lipinski definition) is 8. The molecular formula is C30H47FN5O5P. The Bertz CT molecular complexity index is 1210. The molecule has 1 aromatic carbocycles. The van der Waals surface area contributed by atoms with Crippen molar-refractivity contribution in [1.29, 1.82) is 0 Å². The van der Waals surface area contributed by atoms with Crippen LogP contribution >= 0.6 is 7.60 Å². The average molecular weight is 608 g/mol. The van der Waals surface area contributed by atoms with Crippen molar-refractivity contribution in [3.05, 3.63) is 48.3 Å². The van der Waals surface area contributed by atoms with Gasteiger partial charge in [-0.05, 0) is 50.3 Å². The third-order valence-corrected chi connectivity index (χ3v) is 8.11. The van der Waals surface area contributed by atoms with Crippen LogP contribution in [0.15, 0.2) is 36.9 Å². The first-order valence-corrected chi connectivity index (χ1v) is 16.9.